The standard InChI is InChI=1S/C24H30N2O4/c1-17(2)30-16-19-7-3-6-18(14-19)15-25-24(27)26-11-5-9-21(26)20-8-4-10-22-23(20)29-13-12-28-22/h3-4,6-8,10,14,17,21H,5,9,11-13,15-16H2,1-2H3,(H,25,27). The Morgan fingerprint density at radius 1 is 1.17 bits per heavy atom. The smallest absolute Gasteiger partial charge is 0.318 e. The Kier molecular flexibility index (Phi) is 6.43. The third kappa shape index (κ3) is 4.70. The maximum atomic E-state index is 13.0. The molecular weight excluding hydrogens is 380 g/mol. The first-order valence-corrected chi connectivity index (χ1v) is 10.7. The largest absolute Gasteiger partial charge is 0.486 e. The minimum Gasteiger partial charge on any atom is -0.486 e. The van der Waals surface area contributed by atoms with Crippen molar-refractivity contribution in [2.24, 2.45) is 0 Å². The van der Waals surface area contributed by atoms with Crippen LogP contribution < -0.4 is 14.8 Å². The molecule has 1 N–H and O–H groups in total. The molecule has 160 valence electrons. The summed E-state index contributed by atoms with van der Waals surface area (Å²) >= 11 is 0. The fourth-order valence-corrected chi connectivity index (χ4v) is 4.06. The van der Waals surface area contributed by atoms with Crippen LogP contribution in [0.3, 0.4) is 0 Å². The highest BCUT2D eigenvalue weighted by Gasteiger charge is 2.33. The summed E-state index contributed by atoms with van der Waals surface area (Å²) in [6.07, 6.45) is 2.10. The molecule has 0 bridgehead atoms. The molecule has 2 aliphatic heterocycles. The molecule has 4 rings (SSSR count). The second kappa shape index (κ2) is 9.39. The minimum atomic E-state index is -0.0457. The third-order valence-corrected chi connectivity index (χ3v) is 5.49. The van der Waals surface area contributed by atoms with Gasteiger partial charge in [-0.05, 0) is 43.9 Å². The van der Waals surface area contributed by atoms with E-state index in [0.717, 1.165) is 47.6 Å². The lowest BCUT2D eigenvalue weighted by Gasteiger charge is -2.29. The molecule has 2 aromatic rings. The Balaban J connectivity index is 1.41. The highest BCUT2D eigenvalue weighted by molar-refractivity contribution is 5.75. The van der Waals surface area contributed by atoms with Crippen LogP contribution in [0, 0.1) is 0 Å². The second-order valence-corrected chi connectivity index (χ2v) is 8.06. The van der Waals surface area contributed by atoms with Gasteiger partial charge in [-0.1, -0.05) is 36.4 Å². The van der Waals surface area contributed by atoms with E-state index >= 15 is 0 Å². The Bertz CT molecular complexity index is 883. The summed E-state index contributed by atoms with van der Waals surface area (Å²) < 4.78 is 17.3. The van der Waals surface area contributed by atoms with E-state index in [0.29, 0.717) is 26.4 Å². The average Bonchev–Trinajstić information content (AvgIpc) is 3.26. The molecule has 2 aliphatic rings. The van der Waals surface area contributed by atoms with Crippen LogP contribution >= 0.6 is 0 Å². The zero-order valence-corrected chi connectivity index (χ0v) is 17.7. The van der Waals surface area contributed by atoms with Crippen molar-refractivity contribution in [3.05, 3.63) is 59.2 Å². The van der Waals surface area contributed by atoms with Gasteiger partial charge in [0.15, 0.2) is 11.5 Å². The number of para-hydroxylation sites is 1. The van der Waals surface area contributed by atoms with E-state index in [4.69, 9.17) is 14.2 Å². The molecule has 0 spiro atoms. The Morgan fingerprint density at radius 3 is 2.83 bits per heavy atom. The maximum absolute atomic E-state index is 13.0. The normalized spacial score (nSPS) is 18.0. The van der Waals surface area contributed by atoms with Gasteiger partial charge in [-0.3, -0.25) is 0 Å². The number of ether oxygens (including phenoxy) is 3. The highest BCUT2D eigenvalue weighted by Crippen LogP contribution is 2.42. The van der Waals surface area contributed by atoms with Gasteiger partial charge in [0, 0.05) is 18.7 Å². The van der Waals surface area contributed by atoms with Crippen LogP contribution in [0.15, 0.2) is 42.5 Å². The molecule has 2 amide bonds. The molecule has 1 saturated heterocycles. The van der Waals surface area contributed by atoms with Crippen molar-refractivity contribution in [2.75, 3.05) is 19.8 Å². The van der Waals surface area contributed by atoms with E-state index in [9.17, 15) is 4.79 Å². The fraction of sp³-hybridized carbons (Fsp3) is 0.458. The van der Waals surface area contributed by atoms with Crippen LogP contribution in [0.2, 0.25) is 0 Å². The number of fused-ring (bicyclic) bond motifs is 1. The molecule has 30 heavy (non-hydrogen) atoms. The fourth-order valence-electron chi connectivity index (χ4n) is 4.06. The van der Waals surface area contributed by atoms with Crippen molar-refractivity contribution in [3.8, 4) is 11.5 Å². The number of nitrogens with one attached hydrogen (secondary N) is 1. The topological polar surface area (TPSA) is 60.0 Å². The number of rotatable bonds is 6. The van der Waals surface area contributed by atoms with Gasteiger partial charge in [-0.25, -0.2) is 4.79 Å². The van der Waals surface area contributed by atoms with Gasteiger partial charge < -0.3 is 24.4 Å². The molecule has 0 radical (unpaired) electrons. The third-order valence-electron chi connectivity index (χ3n) is 5.49. The number of hydrogen-bond acceptors (Lipinski definition) is 4. The maximum Gasteiger partial charge on any atom is 0.318 e. The SMILES string of the molecule is CC(C)OCc1cccc(CNC(=O)N2CCCC2c2cccc3c2OCCO3)c1. The van der Waals surface area contributed by atoms with Gasteiger partial charge in [-0.15, -0.1) is 0 Å². The predicted molar refractivity (Wildman–Crippen MR) is 115 cm³/mol. The van der Waals surface area contributed by atoms with Crippen LogP contribution in [0.1, 0.15) is 49.4 Å². The Morgan fingerprint density at radius 2 is 1.97 bits per heavy atom. The van der Waals surface area contributed by atoms with Crippen LogP contribution in [0.25, 0.3) is 0 Å². The summed E-state index contributed by atoms with van der Waals surface area (Å²) in [4.78, 5) is 14.9. The zero-order chi connectivity index (χ0) is 20.9. The summed E-state index contributed by atoms with van der Waals surface area (Å²) in [6, 6.07) is 14.1. The number of carbonyl (C=O) groups excluding carboxylic acids is 1. The van der Waals surface area contributed by atoms with E-state index in [1.165, 1.54) is 0 Å². The molecule has 2 aromatic carbocycles. The molecule has 6 nitrogen and oxygen atoms in total. The van der Waals surface area contributed by atoms with Crippen molar-refractivity contribution < 1.29 is 19.0 Å². The van der Waals surface area contributed by atoms with Crippen LogP contribution in [-0.2, 0) is 17.9 Å². The average molecular weight is 411 g/mol. The number of amides is 2. The lowest BCUT2D eigenvalue weighted by Crippen LogP contribution is -2.39. The molecule has 0 aliphatic carbocycles. The summed E-state index contributed by atoms with van der Waals surface area (Å²) in [5, 5.41) is 3.09. The van der Waals surface area contributed by atoms with Crippen LogP contribution in [0.5, 0.6) is 11.5 Å². The summed E-state index contributed by atoms with van der Waals surface area (Å²) in [5.74, 6) is 1.55. The number of hydrogen-bond donors (Lipinski definition) is 1. The van der Waals surface area contributed by atoms with Gasteiger partial charge in [0.25, 0.3) is 0 Å². The van der Waals surface area contributed by atoms with Crippen molar-refractivity contribution in [2.45, 2.75) is 52.0 Å². The Hall–Kier alpha value is -2.73. The molecule has 1 atom stereocenters. The molecule has 6 heteroatoms. The lowest BCUT2D eigenvalue weighted by atomic mass is 10.0. The lowest BCUT2D eigenvalue weighted by molar-refractivity contribution is 0.0657. The number of likely N-dealkylation sites (tertiary alicyclic amines) is 1. The first kappa shape index (κ1) is 20.5. The molecule has 0 aromatic heterocycles. The molecular formula is C24H30N2O4. The van der Waals surface area contributed by atoms with Crippen molar-refractivity contribution in [1.29, 1.82) is 0 Å². The molecule has 1 unspecified atom stereocenters. The summed E-state index contributed by atoms with van der Waals surface area (Å²) in [6.45, 7) is 6.96. The van der Waals surface area contributed by atoms with E-state index in [1.54, 1.807) is 0 Å². The predicted octanol–water partition coefficient (Wildman–Crippen LogP) is 4.43. The van der Waals surface area contributed by atoms with Crippen molar-refractivity contribution in [3.63, 3.8) is 0 Å². The number of carbonyl (C=O) groups is 1. The quantitative estimate of drug-likeness (QED) is 0.765. The molecule has 0 saturated carbocycles. The van der Waals surface area contributed by atoms with Gasteiger partial charge in [0.2, 0.25) is 0 Å². The van der Waals surface area contributed by atoms with Crippen LogP contribution in [-0.4, -0.2) is 36.8 Å². The minimum absolute atomic E-state index is 0.00688. The number of nitrogens with zero attached hydrogens (tertiary/aromatic N) is 1. The van der Waals surface area contributed by atoms with Crippen molar-refractivity contribution in [1.82, 2.24) is 10.2 Å². The van der Waals surface area contributed by atoms with E-state index < -0.39 is 0 Å². The molecule has 1 fully saturated rings. The first-order valence-electron chi connectivity index (χ1n) is 10.7. The summed E-state index contributed by atoms with van der Waals surface area (Å²) in [5.41, 5.74) is 3.22. The van der Waals surface area contributed by atoms with E-state index in [-0.39, 0.29) is 18.2 Å². The summed E-state index contributed by atoms with van der Waals surface area (Å²) in [7, 11) is 0. The number of urea groups is 1. The zero-order valence-electron chi connectivity index (χ0n) is 17.7. The number of benzene rings is 2. The first-order chi connectivity index (χ1) is 14.6. The van der Waals surface area contributed by atoms with Gasteiger partial charge in [-0.2, -0.15) is 0 Å². The van der Waals surface area contributed by atoms with E-state index in [1.807, 2.05) is 55.1 Å². The van der Waals surface area contributed by atoms with Gasteiger partial charge in [0.05, 0.1) is 18.8 Å². The van der Waals surface area contributed by atoms with Gasteiger partial charge >= 0.3 is 6.03 Å². The monoisotopic (exact) mass is 410 g/mol. The Labute approximate surface area is 178 Å². The second-order valence-electron chi connectivity index (χ2n) is 8.06. The van der Waals surface area contributed by atoms with Crippen molar-refractivity contribution >= 4 is 6.03 Å². The van der Waals surface area contributed by atoms with E-state index in [2.05, 4.69) is 11.4 Å². The van der Waals surface area contributed by atoms with Crippen LogP contribution in [0.4, 0.5) is 4.79 Å². The van der Waals surface area contributed by atoms with Gasteiger partial charge in [0.1, 0.15) is 13.2 Å². The molecule has 2 heterocycles. The highest BCUT2D eigenvalue weighted by atomic mass is 16.6.